The van der Waals surface area contributed by atoms with E-state index in [2.05, 4.69) is 16.4 Å². The van der Waals surface area contributed by atoms with Crippen LogP contribution in [-0.2, 0) is 5.41 Å². The molecule has 7 nitrogen and oxygen atoms in total. The summed E-state index contributed by atoms with van der Waals surface area (Å²) in [5, 5.41) is 23.3. The summed E-state index contributed by atoms with van der Waals surface area (Å²) in [5.41, 5.74) is 0.00197. The number of carbonyl (C=O) groups excluding carboxylic acids is 1. The van der Waals surface area contributed by atoms with Crippen LogP contribution < -0.4 is 5.32 Å². The molecule has 1 N–H and O–H groups in total. The topological polar surface area (TPSA) is 109 Å². The molecule has 0 radical (unpaired) electrons. The highest BCUT2D eigenvalue weighted by atomic mass is 16.6. The Morgan fingerprint density at radius 1 is 1.39 bits per heavy atom. The number of pyridine rings is 1. The van der Waals surface area contributed by atoms with Gasteiger partial charge in [-0.05, 0) is 37.6 Å². The number of benzene rings is 1. The fraction of sp³-hybridized carbons (Fsp3) is 0.188. The lowest BCUT2D eigenvalue weighted by molar-refractivity contribution is -0.384. The Bertz CT molecular complexity index is 809. The average molecular weight is 310 g/mol. The molecule has 0 aliphatic heterocycles. The lowest BCUT2D eigenvalue weighted by Gasteiger charge is -2.16. The first-order valence-electron chi connectivity index (χ1n) is 6.76. The van der Waals surface area contributed by atoms with E-state index in [-0.39, 0.29) is 17.2 Å². The monoisotopic (exact) mass is 310 g/mol. The predicted molar refractivity (Wildman–Crippen MR) is 84.6 cm³/mol. The maximum atomic E-state index is 11.3. The standard InChI is InChI=1S/C16H14N4O3/c1-16(2,10-17)12-5-6-13(14(8-12)20(22)23)19-15-11(9-21)4-3-7-18-15/h3-9H,1-2H3,(H,18,19). The van der Waals surface area contributed by atoms with Crippen molar-refractivity contribution in [3.63, 3.8) is 0 Å². The largest absolute Gasteiger partial charge is 0.334 e. The van der Waals surface area contributed by atoms with Gasteiger partial charge >= 0.3 is 0 Å². The molecule has 1 aromatic carbocycles. The summed E-state index contributed by atoms with van der Waals surface area (Å²) < 4.78 is 0. The summed E-state index contributed by atoms with van der Waals surface area (Å²) in [4.78, 5) is 25.8. The van der Waals surface area contributed by atoms with Crippen LogP contribution in [0.5, 0.6) is 0 Å². The van der Waals surface area contributed by atoms with Crippen LogP contribution in [0.25, 0.3) is 0 Å². The molecule has 0 amide bonds. The third-order valence-corrected chi connectivity index (χ3v) is 3.41. The Balaban J connectivity index is 2.49. The van der Waals surface area contributed by atoms with E-state index in [1.807, 2.05) is 0 Å². The summed E-state index contributed by atoms with van der Waals surface area (Å²) in [6.45, 7) is 3.37. The normalized spacial score (nSPS) is 10.7. The fourth-order valence-electron chi connectivity index (χ4n) is 1.99. The van der Waals surface area contributed by atoms with Crippen molar-refractivity contribution in [2.24, 2.45) is 0 Å². The number of hydrogen-bond acceptors (Lipinski definition) is 6. The van der Waals surface area contributed by atoms with Crippen molar-refractivity contribution in [1.29, 1.82) is 5.26 Å². The highest BCUT2D eigenvalue weighted by molar-refractivity contribution is 5.85. The van der Waals surface area contributed by atoms with Crippen molar-refractivity contribution in [1.82, 2.24) is 4.98 Å². The van der Waals surface area contributed by atoms with Gasteiger partial charge in [-0.15, -0.1) is 0 Å². The number of nitrogens with zero attached hydrogens (tertiary/aromatic N) is 3. The minimum Gasteiger partial charge on any atom is -0.334 e. The molecular formula is C16H14N4O3. The molecule has 23 heavy (non-hydrogen) atoms. The first kappa shape index (κ1) is 16.1. The minimum absolute atomic E-state index is 0.187. The number of anilines is 2. The molecule has 0 saturated carbocycles. The molecule has 2 rings (SSSR count). The van der Waals surface area contributed by atoms with Gasteiger partial charge in [-0.2, -0.15) is 5.26 Å². The molecule has 0 aliphatic carbocycles. The first-order valence-corrected chi connectivity index (χ1v) is 6.76. The predicted octanol–water partition coefficient (Wildman–Crippen LogP) is 3.35. The second-order valence-corrected chi connectivity index (χ2v) is 5.41. The zero-order valence-corrected chi connectivity index (χ0v) is 12.6. The molecule has 0 spiro atoms. The number of hydrogen-bond donors (Lipinski definition) is 1. The summed E-state index contributed by atoms with van der Waals surface area (Å²) in [6.07, 6.45) is 2.10. The molecule has 7 heteroatoms. The molecule has 0 saturated heterocycles. The van der Waals surface area contributed by atoms with Crippen molar-refractivity contribution in [3.05, 3.63) is 57.8 Å². The van der Waals surface area contributed by atoms with Gasteiger partial charge in [-0.3, -0.25) is 14.9 Å². The number of nitro benzene ring substituents is 1. The third kappa shape index (κ3) is 3.32. The van der Waals surface area contributed by atoms with Crippen LogP contribution in [0.1, 0.15) is 29.8 Å². The molecule has 2 aromatic rings. The van der Waals surface area contributed by atoms with Gasteiger partial charge in [0.15, 0.2) is 6.29 Å². The van der Waals surface area contributed by atoms with Gasteiger partial charge in [0.1, 0.15) is 11.5 Å². The number of nitriles is 1. The maximum Gasteiger partial charge on any atom is 0.293 e. The van der Waals surface area contributed by atoms with E-state index < -0.39 is 10.3 Å². The zero-order chi connectivity index (χ0) is 17.0. The van der Waals surface area contributed by atoms with E-state index in [1.54, 1.807) is 32.0 Å². The Hall–Kier alpha value is -3.27. The Kier molecular flexibility index (Phi) is 4.37. The van der Waals surface area contributed by atoms with Crippen molar-refractivity contribution >= 4 is 23.5 Å². The number of nitro groups is 1. The van der Waals surface area contributed by atoms with E-state index >= 15 is 0 Å². The zero-order valence-electron chi connectivity index (χ0n) is 12.6. The molecular weight excluding hydrogens is 296 g/mol. The van der Waals surface area contributed by atoms with Gasteiger partial charge in [0.25, 0.3) is 5.69 Å². The van der Waals surface area contributed by atoms with Gasteiger partial charge < -0.3 is 5.32 Å². The smallest absolute Gasteiger partial charge is 0.293 e. The second kappa shape index (κ2) is 6.23. The van der Waals surface area contributed by atoms with Gasteiger partial charge in [-0.25, -0.2) is 4.98 Å². The van der Waals surface area contributed by atoms with Gasteiger partial charge in [0, 0.05) is 12.3 Å². The van der Waals surface area contributed by atoms with Gasteiger partial charge in [-0.1, -0.05) is 6.07 Å². The minimum atomic E-state index is -0.845. The van der Waals surface area contributed by atoms with E-state index in [4.69, 9.17) is 5.26 Å². The molecule has 0 fully saturated rings. The molecule has 1 aromatic heterocycles. The maximum absolute atomic E-state index is 11.3. The van der Waals surface area contributed by atoms with E-state index in [9.17, 15) is 14.9 Å². The van der Waals surface area contributed by atoms with Crippen molar-refractivity contribution < 1.29 is 9.72 Å². The van der Waals surface area contributed by atoms with Crippen LogP contribution in [0.2, 0.25) is 0 Å². The molecule has 116 valence electrons. The number of carbonyl (C=O) groups is 1. The first-order chi connectivity index (χ1) is 10.9. The van der Waals surface area contributed by atoms with Crippen LogP contribution in [0.15, 0.2) is 36.5 Å². The van der Waals surface area contributed by atoms with Crippen LogP contribution in [0.3, 0.4) is 0 Å². The lowest BCUT2D eigenvalue weighted by atomic mass is 9.86. The third-order valence-electron chi connectivity index (χ3n) is 3.41. The molecule has 0 aliphatic rings. The number of aromatic nitrogens is 1. The van der Waals surface area contributed by atoms with Crippen LogP contribution in [-0.4, -0.2) is 16.2 Å². The Morgan fingerprint density at radius 3 is 2.74 bits per heavy atom. The quantitative estimate of drug-likeness (QED) is 0.515. The lowest BCUT2D eigenvalue weighted by Crippen LogP contribution is -2.14. The number of rotatable bonds is 5. The average Bonchev–Trinajstić information content (AvgIpc) is 2.55. The van der Waals surface area contributed by atoms with Gasteiger partial charge in [0.05, 0.1) is 22.0 Å². The van der Waals surface area contributed by atoms with Crippen LogP contribution in [0.4, 0.5) is 17.2 Å². The molecule has 1 heterocycles. The van der Waals surface area contributed by atoms with Crippen molar-refractivity contribution in [3.8, 4) is 6.07 Å². The summed E-state index contributed by atoms with van der Waals surface area (Å²) in [5.74, 6) is 0.234. The van der Waals surface area contributed by atoms with Gasteiger partial charge in [0.2, 0.25) is 0 Å². The summed E-state index contributed by atoms with van der Waals surface area (Å²) >= 11 is 0. The summed E-state index contributed by atoms with van der Waals surface area (Å²) in [7, 11) is 0. The van der Waals surface area contributed by atoms with E-state index in [1.165, 1.54) is 18.3 Å². The van der Waals surface area contributed by atoms with E-state index in [0.717, 1.165) is 0 Å². The van der Waals surface area contributed by atoms with Crippen molar-refractivity contribution in [2.45, 2.75) is 19.3 Å². The Labute approximate surface area is 132 Å². The van der Waals surface area contributed by atoms with Crippen LogP contribution >= 0.6 is 0 Å². The second-order valence-electron chi connectivity index (χ2n) is 5.41. The number of aldehydes is 1. The van der Waals surface area contributed by atoms with Crippen LogP contribution in [0, 0.1) is 21.4 Å². The van der Waals surface area contributed by atoms with E-state index in [0.29, 0.717) is 17.4 Å². The molecule has 0 unspecified atom stereocenters. The Morgan fingerprint density at radius 2 is 2.13 bits per heavy atom. The van der Waals surface area contributed by atoms with Crippen molar-refractivity contribution in [2.75, 3.05) is 5.32 Å². The molecule has 0 bridgehead atoms. The highest BCUT2D eigenvalue weighted by Crippen LogP contribution is 2.33. The summed E-state index contributed by atoms with van der Waals surface area (Å²) in [6, 6.07) is 9.77. The molecule has 0 atom stereocenters. The SMILES string of the molecule is CC(C)(C#N)c1ccc(Nc2ncccc2C=O)c([N+](=O)[O-])c1. The highest BCUT2D eigenvalue weighted by Gasteiger charge is 2.24. The number of nitrogens with one attached hydrogen (secondary N) is 1. The fourth-order valence-corrected chi connectivity index (χ4v) is 1.99.